The quantitative estimate of drug-likeness (QED) is 0.915. The van der Waals surface area contributed by atoms with E-state index in [0.29, 0.717) is 17.8 Å². The smallest absolute Gasteiger partial charge is 0.142 e. The summed E-state index contributed by atoms with van der Waals surface area (Å²) in [7, 11) is 0. The molecule has 0 spiro atoms. The Balaban J connectivity index is 2.36. The highest BCUT2D eigenvalue weighted by Gasteiger charge is 2.16. The Kier molecular flexibility index (Phi) is 3.40. The number of rotatable bonds is 3. The minimum atomic E-state index is -0.961. The Morgan fingerprint density at radius 1 is 1.53 bits per heavy atom. The largest absolute Gasteiger partial charge is 0.382 e. The van der Waals surface area contributed by atoms with E-state index in [4.69, 9.17) is 11.6 Å². The van der Waals surface area contributed by atoms with Crippen molar-refractivity contribution in [1.29, 1.82) is 0 Å². The second kappa shape index (κ2) is 4.81. The van der Waals surface area contributed by atoms with Crippen molar-refractivity contribution in [3.8, 4) is 0 Å². The van der Waals surface area contributed by atoms with E-state index >= 15 is 0 Å². The molecular formula is C11H11ClFN3O. The molecule has 1 heterocycles. The van der Waals surface area contributed by atoms with Crippen LogP contribution in [0.5, 0.6) is 0 Å². The van der Waals surface area contributed by atoms with E-state index in [1.165, 1.54) is 18.3 Å². The van der Waals surface area contributed by atoms with Crippen molar-refractivity contribution < 1.29 is 9.50 Å². The average Bonchev–Trinajstić information content (AvgIpc) is 2.80. The predicted molar refractivity (Wildman–Crippen MR) is 61.2 cm³/mol. The van der Waals surface area contributed by atoms with Gasteiger partial charge in [-0.15, -0.1) is 5.10 Å². The molecule has 0 saturated carbocycles. The Hall–Kier alpha value is -1.46. The molecule has 17 heavy (non-hydrogen) atoms. The Bertz CT molecular complexity index is 529. The van der Waals surface area contributed by atoms with Crippen molar-refractivity contribution in [2.75, 3.05) is 0 Å². The molecule has 1 aromatic carbocycles. The summed E-state index contributed by atoms with van der Waals surface area (Å²) in [4.78, 5) is 0. The molecule has 0 aliphatic heterocycles. The van der Waals surface area contributed by atoms with Crippen LogP contribution in [0.15, 0.2) is 24.4 Å². The molecule has 1 aromatic heterocycles. The molecule has 0 aliphatic carbocycles. The molecule has 1 N–H and O–H groups in total. The monoisotopic (exact) mass is 255 g/mol. The van der Waals surface area contributed by atoms with Crippen LogP contribution in [0.1, 0.15) is 24.3 Å². The molecule has 90 valence electrons. The third-order valence-corrected chi connectivity index (χ3v) is 2.79. The van der Waals surface area contributed by atoms with Crippen molar-refractivity contribution in [2.45, 2.75) is 19.6 Å². The van der Waals surface area contributed by atoms with Crippen molar-refractivity contribution in [3.05, 3.63) is 46.5 Å². The van der Waals surface area contributed by atoms with E-state index in [2.05, 4.69) is 10.3 Å². The number of aryl methyl sites for hydroxylation is 1. The molecule has 0 fully saturated rings. The molecule has 1 atom stereocenters. The lowest BCUT2D eigenvalue weighted by atomic mass is 10.1. The van der Waals surface area contributed by atoms with Gasteiger partial charge in [0.05, 0.1) is 16.9 Å². The van der Waals surface area contributed by atoms with Crippen molar-refractivity contribution in [3.63, 3.8) is 0 Å². The van der Waals surface area contributed by atoms with E-state index in [1.54, 1.807) is 10.7 Å². The van der Waals surface area contributed by atoms with Crippen LogP contribution >= 0.6 is 11.6 Å². The number of hydrogen-bond acceptors (Lipinski definition) is 3. The highest BCUT2D eigenvalue weighted by atomic mass is 35.5. The highest BCUT2D eigenvalue weighted by Crippen LogP contribution is 2.24. The number of aliphatic hydroxyl groups is 1. The summed E-state index contributed by atoms with van der Waals surface area (Å²) < 4.78 is 14.8. The molecule has 1 unspecified atom stereocenters. The molecular weight excluding hydrogens is 245 g/mol. The fourth-order valence-electron chi connectivity index (χ4n) is 1.58. The molecule has 0 saturated heterocycles. The van der Waals surface area contributed by atoms with Crippen LogP contribution in [0.25, 0.3) is 0 Å². The summed E-state index contributed by atoms with van der Waals surface area (Å²) in [6.45, 7) is 2.47. The SMILES string of the molecule is CCn1nncc1C(O)c1ccc(Cl)c(F)c1. The van der Waals surface area contributed by atoms with Gasteiger partial charge in [0, 0.05) is 6.54 Å². The van der Waals surface area contributed by atoms with Gasteiger partial charge in [-0.05, 0) is 24.6 Å². The molecule has 0 amide bonds. The van der Waals surface area contributed by atoms with E-state index in [9.17, 15) is 9.50 Å². The van der Waals surface area contributed by atoms with Gasteiger partial charge in [-0.2, -0.15) is 0 Å². The van der Waals surface area contributed by atoms with E-state index in [-0.39, 0.29) is 5.02 Å². The molecule has 0 bridgehead atoms. The maximum Gasteiger partial charge on any atom is 0.142 e. The summed E-state index contributed by atoms with van der Waals surface area (Å²) in [5.41, 5.74) is 0.943. The van der Waals surface area contributed by atoms with E-state index in [1.807, 2.05) is 6.92 Å². The Morgan fingerprint density at radius 3 is 2.94 bits per heavy atom. The first kappa shape index (κ1) is 12.0. The van der Waals surface area contributed by atoms with Gasteiger partial charge in [0.25, 0.3) is 0 Å². The van der Waals surface area contributed by atoms with Crippen molar-refractivity contribution >= 4 is 11.6 Å². The Labute approximate surface area is 103 Å². The zero-order valence-electron chi connectivity index (χ0n) is 9.14. The van der Waals surface area contributed by atoms with Gasteiger partial charge in [-0.25, -0.2) is 9.07 Å². The molecule has 4 nitrogen and oxygen atoms in total. The third kappa shape index (κ3) is 2.30. The second-order valence-corrected chi connectivity index (χ2v) is 3.96. The van der Waals surface area contributed by atoms with Gasteiger partial charge >= 0.3 is 0 Å². The maximum absolute atomic E-state index is 13.3. The first-order valence-electron chi connectivity index (χ1n) is 5.15. The fraction of sp³-hybridized carbons (Fsp3) is 0.273. The number of nitrogens with zero attached hydrogens (tertiary/aromatic N) is 3. The van der Waals surface area contributed by atoms with Gasteiger partial charge in [-0.3, -0.25) is 0 Å². The number of halogens is 2. The van der Waals surface area contributed by atoms with Crippen LogP contribution in [-0.2, 0) is 6.54 Å². The molecule has 0 aliphatic rings. The Morgan fingerprint density at radius 2 is 2.29 bits per heavy atom. The first-order valence-corrected chi connectivity index (χ1v) is 5.52. The minimum absolute atomic E-state index is 0.0306. The number of aliphatic hydroxyl groups excluding tert-OH is 1. The van der Waals surface area contributed by atoms with Gasteiger partial charge < -0.3 is 5.11 Å². The van der Waals surface area contributed by atoms with Crippen LogP contribution in [0.2, 0.25) is 5.02 Å². The van der Waals surface area contributed by atoms with Crippen LogP contribution in [0.3, 0.4) is 0 Å². The first-order chi connectivity index (χ1) is 8.13. The fourth-order valence-corrected chi connectivity index (χ4v) is 1.69. The lowest BCUT2D eigenvalue weighted by molar-refractivity contribution is 0.207. The lowest BCUT2D eigenvalue weighted by Crippen LogP contribution is -2.09. The summed E-state index contributed by atoms with van der Waals surface area (Å²) in [6, 6.07) is 4.19. The van der Waals surface area contributed by atoms with Crippen LogP contribution < -0.4 is 0 Å². The molecule has 2 rings (SSSR count). The van der Waals surface area contributed by atoms with E-state index < -0.39 is 11.9 Å². The van der Waals surface area contributed by atoms with E-state index in [0.717, 1.165) is 0 Å². The second-order valence-electron chi connectivity index (χ2n) is 3.55. The standard InChI is InChI=1S/C11H11ClFN3O/c1-2-16-10(6-14-15-16)11(17)7-3-4-8(12)9(13)5-7/h3-6,11,17H,2H2,1H3. The molecule has 6 heteroatoms. The van der Waals surface area contributed by atoms with Gasteiger partial charge in [0.2, 0.25) is 0 Å². The van der Waals surface area contributed by atoms with Crippen LogP contribution in [0, 0.1) is 5.82 Å². The summed E-state index contributed by atoms with van der Waals surface area (Å²) in [6.07, 6.45) is 0.498. The van der Waals surface area contributed by atoms with Gasteiger partial charge in [0.1, 0.15) is 11.9 Å². The zero-order valence-corrected chi connectivity index (χ0v) is 9.89. The maximum atomic E-state index is 13.3. The van der Waals surface area contributed by atoms with Crippen molar-refractivity contribution in [2.24, 2.45) is 0 Å². The van der Waals surface area contributed by atoms with Gasteiger partial charge in [-0.1, -0.05) is 22.9 Å². The number of hydrogen-bond donors (Lipinski definition) is 1. The summed E-state index contributed by atoms with van der Waals surface area (Å²) in [5.74, 6) is -0.557. The molecule has 0 radical (unpaired) electrons. The number of benzene rings is 1. The zero-order chi connectivity index (χ0) is 12.4. The highest BCUT2D eigenvalue weighted by molar-refractivity contribution is 6.30. The van der Waals surface area contributed by atoms with Crippen molar-refractivity contribution in [1.82, 2.24) is 15.0 Å². The predicted octanol–water partition coefficient (Wildman–Crippen LogP) is 2.17. The minimum Gasteiger partial charge on any atom is -0.382 e. The lowest BCUT2D eigenvalue weighted by Gasteiger charge is -2.12. The van der Waals surface area contributed by atoms with Gasteiger partial charge in [0.15, 0.2) is 0 Å². The van der Waals surface area contributed by atoms with Crippen LogP contribution in [-0.4, -0.2) is 20.1 Å². The average molecular weight is 256 g/mol. The summed E-state index contributed by atoms with van der Waals surface area (Å²) in [5, 5.41) is 17.6. The number of aromatic nitrogens is 3. The normalized spacial score (nSPS) is 12.7. The topological polar surface area (TPSA) is 50.9 Å². The van der Waals surface area contributed by atoms with Crippen LogP contribution in [0.4, 0.5) is 4.39 Å². The third-order valence-electron chi connectivity index (χ3n) is 2.49. The molecule has 2 aromatic rings. The summed E-state index contributed by atoms with van der Waals surface area (Å²) >= 11 is 5.58.